The fourth-order valence-corrected chi connectivity index (χ4v) is 1.49. The molecule has 0 spiro atoms. The fourth-order valence-electron chi connectivity index (χ4n) is 1.49. The molecule has 0 amide bonds. The molecule has 0 aromatic carbocycles. The summed E-state index contributed by atoms with van der Waals surface area (Å²) in [4.78, 5) is 11.6. The smallest absolute Gasteiger partial charge is 0.142 e. The van der Waals surface area contributed by atoms with Crippen LogP contribution in [0, 0.1) is 5.41 Å². The van der Waals surface area contributed by atoms with Crippen LogP contribution in [0.3, 0.4) is 0 Å². The Bertz CT molecular complexity index is 181. The largest absolute Gasteiger partial charge is 0.379 e. The molecule has 1 rings (SSSR count). The predicted molar refractivity (Wildman–Crippen MR) is 46.8 cm³/mol. The summed E-state index contributed by atoms with van der Waals surface area (Å²) in [6.45, 7) is 4.92. The van der Waals surface area contributed by atoms with Gasteiger partial charge in [0, 0.05) is 12.5 Å². The zero-order chi connectivity index (χ0) is 9.19. The lowest BCUT2D eigenvalue weighted by atomic mass is 9.80. The quantitative estimate of drug-likeness (QED) is 0.680. The predicted octanol–water partition coefficient (Wildman–Crippen LogP) is 0.719. The molecule has 70 valence electrons. The van der Waals surface area contributed by atoms with Crippen LogP contribution in [0.5, 0.6) is 0 Å². The lowest BCUT2D eigenvalue weighted by molar-refractivity contribution is -0.128. The van der Waals surface area contributed by atoms with Crippen LogP contribution in [0.1, 0.15) is 26.7 Å². The zero-order valence-electron chi connectivity index (χ0n) is 7.80. The second-order valence-corrected chi connectivity index (χ2v) is 3.71. The van der Waals surface area contributed by atoms with E-state index in [2.05, 4.69) is 0 Å². The standard InChI is InChI=1S/C9H17NO2/c1-3-4-8(11)9(2)6-12-5-7(9)10/h7H,3-6,10H2,1-2H3. The van der Waals surface area contributed by atoms with Crippen LogP contribution in [0.4, 0.5) is 0 Å². The van der Waals surface area contributed by atoms with E-state index in [4.69, 9.17) is 10.5 Å². The van der Waals surface area contributed by atoms with Crippen LogP contribution < -0.4 is 5.73 Å². The van der Waals surface area contributed by atoms with E-state index >= 15 is 0 Å². The molecule has 2 atom stereocenters. The van der Waals surface area contributed by atoms with Crippen molar-refractivity contribution in [2.45, 2.75) is 32.7 Å². The SMILES string of the molecule is CCCC(=O)C1(C)COCC1N. The molecule has 1 saturated heterocycles. The van der Waals surface area contributed by atoms with Crippen LogP contribution in [-0.4, -0.2) is 25.0 Å². The van der Waals surface area contributed by atoms with Crippen molar-refractivity contribution in [3.05, 3.63) is 0 Å². The van der Waals surface area contributed by atoms with Gasteiger partial charge in [0.05, 0.1) is 18.6 Å². The first-order valence-corrected chi connectivity index (χ1v) is 4.48. The van der Waals surface area contributed by atoms with Crippen molar-refractivity contribution in [1.82, 2.24) is 0 Å². The first-order chi connectivity index (χ1) is 5.61. The topological polar surface area (TPSA) is 52.3 Å². The number of ketones is 1. The van der Waals surface area contributed by atoms with E-state index in [1.165, 1.54) is 0 Å². The third-order valence-electron chi connectivity index (χ3n) is 2.63. The minimum Gasteiger partial charge on any atom is -0.379 e. The Morgan fingerprint density at radius 1 is 1.75 bits per heavy atom. The van der Waals surface area contributed by atoms with E-state index in [0.29, 0.717) is 19.6 Å². The van der Waals surface area contributed by atoms with Crippen molar-refractivity contribution in [3.8, 4) is 0 Å². The highest BCUT2D eigenvalue weighted by atomic mass is 16.5. The van der Waals surface area contributed by atoms with E-state index in [0.717, 1.165) is 6.42 Å². The molecule has 1 heterocycles. The zero-order valence-corrected chi connectivity index (χ0v) is 7.80. The molecule has 3 heteroatoms. The highest BCUT2D eigenvalue weighted by molar-refractivity contribution is 5.85. The molecular weight excluding hydrogens is 154 g/mol. The van der Waals surface area contributed by atoms with Crippen LogP contribution in [-0.2, 0) is 9.53 Å². The van der Waals surface area contributed by atoms with E-state index in [9.17, 15) is 4.79 Å². The van der Waals surface area contributed by atoms with E-state index in [-0.39, 0.29) is 11.8 Å². The maximum Gasteiger partial charge on any atom is 0.142 e. The van der Waals surface area contributed by atoms with Crippen molar-refractivity contribution in [2.24, 2.45) is 11.1 Å². The number of carbonyl (C=O) groups is 1. The Kier molecular flexibility index (Phi) is 2.85. The monoisotopic (exact) mass is 171 g/mol. The summed E-state index contributed by atoms with van der Waals surface area (Å²) in [5.74, 6) is 0.245. The molecular formula is C9H17NO2. The summed E-state index contributed by atoms with van der Waals surface area (Å²) in [6, 6.07) is -0.114. The lowest BCUT2D eigenvalue weighted by Gasteiger charge is -2.24. The van der Waals surface area contributed by atoms with Crippen LogP contribution in [0.25, 0.3) is 0 Å². The van der Waals surface area contributed by atoms with Crippen molar-refractivity contribution >= 4 is 5.78 Å². The molecule has 2 unspecified atom stereocenters. The van der Waals surface area contributed by atoms with E-state index in [1.807, 2.05) is 13.8 Å². The maximum atomic E-state index is 11.6. The van der Waals surface area contributed by atoms with Gasteiger partial charge in [-0.2, -0.15) is 0 Å². The van der Waals surface area contributed by atoms with Gasteiger partial charge < -0.3 is 10.5 Å². The number of hydrogen-bond donors (Lipinski definition) is 1. The normalized spacial score (nSPS) is 35.4. The summed E-state index contributed by atoms with van der Waals surface area (Å²) in [6.07, 6.45) is 1.51. The number of Topliss-reactive ketones (excluding diaryl/α,β-unsaturated/α-hetero) is 1. The molecule has 3 nitrogen and oxygen atoms in total. The van der Waals surface area contributed by atoms with Crippen LogP contribution in [0.2, 0.25) is 0 Å². The Balaban J connectivity index is 2.63. The van der Waals surface area contributed by atoms with Crippen molar-refractivity contribution < 1.29 is 9.53 Å². The summed E-state index contributed by atoms with van der Waals surface area (Å²) in [5, 5.41) is 0. The van der Waals surface area contributed by atoms with Crippen molar-refractivity contribution in [3.63, 3.8) is 0 Å². The third kappa shape index (κ3) is 1.52. The van der Waals surface area contributed by atoms with Crippen LogP contribution >= 0.6 is 0 Å². The first kappa shape index (κ1) is 9.68. The second-order valence-electron chi connectivity index (χ2n) is 3.71. The number of carbonyl (C=O) groups excluding carboxylic acids is 1. The first-order valence-electron chi connectivity index (χ1n) is 4.48. The third-order valence-corrected chi connectivity index (χ3v) is 2.63. The maximum absolute atomic E-state index is 11.6. The minimum atomic E-state index is -0.421. The molecule has 1 aliphatic heterocycles. The average molecular weight is 171 g/mol. The number of ether oxygens (including phenoxy) is 1. The summed E-state index contributed by atoms with van der Waals surface area (Å²) in [7, 11) is 0. The van der Waals surface area contributed by atoms with Gasteiger partial charge in [0.2, 0.25) is 0 Å². The second kappa shape index (κ2) is 3.54. The Morgan fingerprint density at radius 3 is 2.83 bits per heavy atom. The highest BCUT2D eigenvalue weighted by Gasteiger charge is 2.43. The highest BCUT2D eigenvalue weighted by Crippen LogP contribution is 2.29. The van der Waals surface area contributed by atoms with Gasteiger partial charge >= 0.3 is 0 Å². The summed E-state index contributed by atoms with van der Waals surface area (Å²) in [5.41, 5.74) is 5.38. The van der Waals surface area contributed by atoms with Crippen LogP contribution in [0.15, 0.2) is 0 Å². The van der Waals surface area contributed by atoms with Gasteiger partial charge in [-0.15, -0.1) is 0 Å². The fraction of sp³-hybridized carbons (Fsp3) is 0.889. The summed E-state index contributed by atoms with van der Waals surface area (Å²) >= 11 is 0. The van der Waals surface area contributed by atoms with Gasteiger partial charge in [-0.3, -0.25) is 4.79 Å². The van der Waals surface area contributed by atoms with Crippen molar-refractivity contribution in [1.29, 1.82) is 0 Å². The molecule has 0 bridgehead atoms. The van der Waals surface area contributed by atoms with Gasteiger partial charge in [0.1, 0.15) is 5.78 Å². The minimum absolute atomic E-state index is 0.114. The van der Waals surface area contributed by atoms with Crippen molar-refractivity contribution in [2.75, 3.05) is 13.2 Å². The number of nitrogens with two attached hydrogens (primary N) is 1. The molecule has 0 aliphatic carbocycles. The molecule has 2 N–H and O–H groups in total. The van der Waals surface area contributed by atoms with E-state index in [1.54, 1.807) is 0 Å². The lowest BCUT2D eigenvalue weighted by Crippen LogP contribution is -2.44. The van der Waals surface area contributed by atoms with Gasteiger partial charge in [0.15, 0.2) is 0 Å². The molecule has 1 aliphatic rings. The Labute approximate surface area is 73.3 Å². The van der Waals surface area contributed by atoms with Gasteiger partial charge in [-0.1, -0.05) is 6.92 Å². The van der Waals surface area contributed by atoms with Gasteiger partial charge in [-0.05, 0) is 13.3 Å². The summed E-state index contributed by atoms with van der Waals surface area (Å²) < 4.78 is 5.19. The number of rotatable bonds is 3. The Hall–Kier alpha value is -0.410. The molecule has 1 fully saturated rings. The molecule has 0 aromatic heterocycles. The molecule has 12 heavy (non-hydrogen) atoms. The molecule has 0 aromatic rings. The van der Waals surface area contributed by atoms with Gasteiger partial charge in [0.25, 0.3) is 0 Å². The Morgan fingerprint density at radius 2 is 2.42 bits per heavy atom. The average Bonchev–Trinajstić information content (AvgIpc) is 2.34. The van der Waals surface area contributed by atoms with E-state index < -0.39 is 5.41 Å². The number of hydrogen-bond acceptors (Lipinski definition) is 3. The van der Waals surface area contributed by atoms with Gasteiger partial charge in [-0.25, -0.2) is 0 Å². The molecule has 0 saturated carbocycles. The molecule has 0 radical (unpaired) electrons.